The normalized spacial score (nSPS) is 17.8. The standard InChI is InChI=1S/C14H28O2/c1-12(2)8-14(10-15-3,11-16-4)9-13-6-5-7-13/h12-13H,5-11H2,1-4H3. The molecule has 0 heterocycles. The molecule has 0 aliphatic heterocycles. The second-order valence-electron chi connectivity index (χ2n) is 5.97. The fourth-order valence-electron chi connectivity index (χ4n) is 3.15. The molecule has 96 valence electrons. The molecule has 0 unspecified atom stereocenters. The van der Waals surface area contributed by atoms with Crippen molar-refractivity contribution in [3.63, 3.8) is 0 Å². The molecule has 0 bridgehead atoms. The van der Waals surface area contributed by atoms with E-state index in [4.69, 9.17) is 9.47 Å². The topological polar surface area (TPSA) is 18.5 Å². The van der Waals surface area contributed by atoms with E-state index in [1.54, 1.807) is 0 Å². The minimum absolute atomic E-state index is 0.253. The van der Waals surface area contributed by atoms with Crippen LogP contribution in [0.15, 0.2) is 0 Å². The average molecular weight is 228 g/mol. The Kier molecular flexibility index (Phi) is 5.77. The van der Waals surface area contributed by atoms with E-state index in [-0.39, 0.29) is 5.41 Å². The van der Waals surface area contributed by atoms with Gasteiger partial charge in [-0.25, -0.2) is 0 Å². The summed E-state index contributed by atoms with van der Waals surface area (Å²) >= 11 is 0. The van der Waals surface area contributed by atoms with Crippen molar-refractivity contribution >= 4 is 0 Å². The van der Waals surface area contributed by atoms with Crippen LogP contribution >= 0.6 is 0 Å². The first-order chi connectivity index (χ1) is 7.62. The van der Waals surface area contributed by atoms with Gasteiger partial charge < -0.3 is 9.47 Å². The van der Waals surface area contributed by atoms with Crippen molar-refractivity contribution in [3.05, 3.63) is 0 Å². The van der Waals surface area contributed by atoms with Gasteiger partial charge in [0.15, 0.2) is 0 Å². The van der Waals surface area contributed by atoms with Gasteiger partial charge in [0.05, 0.1) is 13.2 Å². The van der Waals surface area contributed by atoms with Gasteiger partial charge in [0.25, 0.3) is 0 Å². The summed E-state index contributed by atoms with van der Waals surface area (Å²) in [6.07, 6.45) is 6.74. The van der Waals surface area contributed by atoms with Crippen molar-refractivity contribution in [3.8, 4) is 0 Å². The Bertz CT molecular complexity index is 179. The van der Waals surface area contributed by atoms with Gasteiger partial charge in [-0.3, -0.25) is 0 Å². The quantitative estimate of drug-likeness (QED) is 0.633. The lowest BCUT2D eigenvalue weighted by Crippen LogP contribution is -2.36. The number of hydrogen-bond acceptors (Lipinski definition) is 2. The zero-order valence-corrected chi connectivity index (χ0v) is 11.4. The Morgan fingerprint density at radius 3 is 2.00 bits per heavy atom. The Hall–Kier alpha value is -0.0800. The van der Waals surface area contributed by atoms with E-state index in [0.29, 0.717) is 5.92 Å². The van der Waals surface area contributed by atoms with Crippen LogP contribution in [-0.4, -0.2) is 27.4 Å². The Labute approximate surface area is 101 Å². The minimum atomic E-state index is 0.253. The molecule has 0 radical (unpaired) electrons. The highest BCUT2D eigenvalue weighted by atomic mass is 16.5. The lowest BCUT2D eigenvalue weighted by atomic mass is 9.69. The lowest BCUT2D eigenvalue weighted by molar-refractivity contribution is -0.0264. The van der Waals surface area contributed by atoms with Crippen LogP contribution in [0.4, 0.5) is 0 Å². The predicted molar refractivity (Wildman–Crippen MR) is 67.6 cm³/mol. The van der Waals surface area contributed by atoms with Crippen molar-refractivity contribution in [2.45, 2.75) is 46.0 Å². The lowest BCUT2D eigenvalue weighted by Gasteiger charge is -2.40. The van der Waals surface area contributed by atoms with Gasteiger partial charge in [0.1, 0.15) is 0 Å². The van der Waals surface area contributed by atoms with Gasteiger partial charge >= 0.3 is 0 Å². The first-order valence-corrected chi connectivity index (χ1v) is 6.60. The smallest absolute Gasteiger partial charge is 0.0540 e. The molecule has 0 aromatic heterocycles. The summed E-state index contributed by atoms with van der Waals surface area (Å²) in [5.41, 5.74) is 0.253. The molecular weight excluding hydrogens is 200 g/mol. The third-order valence-corrected chi connectivity index (χ3v) is 3.69. The van der Waals surface area contributed by atoms with E-state index >= 15 is 0 Å². The molecule has 1 saturated carbocycles. The van der Waals surface area contributed by atoms with Crippen LogP contribution in [0.5, 0.6) is 0 Å². The van der Waals surface area contributed by atoms with E-state index in [1.165, 1.54) is 32.1 Å². The Morgan fingerprint density at radius 2 is 1.69 bits per heavy atom. The summed E-state index contributed by atoms with van der Waals surface area (Å²) in [5, 5.41) is 0. The van der Waals surface area contributed by atoms with E-state index < -0.39 is 0 Å². The molecule has 2 nitrogen and oxygen atoms in total. The minimum Gasteiger partial charge on any atom is -0.384 e. The summed E-state index contributed by atoms with van der Waals surface area (Å²) in [5.74, 6) is 1.63. The van der Waals surface area contributed by atoms with Gasteiger partial charge in [0.2, 0.25) is 0 Å². The number of hydrogen-bond donors (Lipinski definition) is 0. The molecule has 16 heavy (non-hydrogen) atoms. The van der Waals surface area contributed by atoms with Crippen LogP contribution < -0.4 is 0 Å². The van der Waals surface area contributed by atoms with E-state index in [0.717, 1.165) is 19.1 Å². The van der Waals surface area contributed by atoms with Crippen LogP contribution in [0.3, 0.4) is 0 Å². The van der Waals surface area contributed by atoms with Crippen LogP contribution in [0, 0.1) is 17.3 Å². The second-order valence-corrected chi connectivity index (χ2v) is 5.97. The molecule has 1 rings (SSSR count). The molecule has 2 heteroatoms. The van der Waals surface area contributed by atoms with Gasteiger partial charge in [-0.15, -0.1) is 0 Å². The molecule has 0 atom stereocenters. The fraction of sp³-hybridized carbons (Fsp3) is 1.00. The average Bonchev–Trinajstić information content (AvgIpc) is 2.11. The van der Waals surface area contributed by atoms with Crippen molar-refractivity contribution in [1.82, 2.24) is 0 Å². The first-order valence-electron chi connectivity index (χ1n) is 6.60. The second kappa shape index (κ2) is 6.61. The maximum Gasteiger partial charge on any atom is 0.0540 e. The largest absolute Gasteiger partial charge is 0.384 e. The van der Waals surface area contributed by atoms with E-state index in [1.807, 2.05) is 14.2 Å². The highest BCUT2D eigenvalue weighted by Gasteiger charge is 2.35. The molecule has 1 fully saturated rings. The molecule has 0 N–H and O–H groups in total. The fourth-order valence-corrected chi connectivity index (χ4v) is 3.15. The van der Waals surface area contributed by atoms with Crippen molar-refractivity contribution in [2.24, 2.45) is 17.3 Å². The Morgan fingerprint density at radius 1 is 1.12 bits per heavy atom. The highest BCUT2D eigenvalue weighted by Crippen LogP contribution is 2.41. The first kappa shape index (κ1) is 14.0. The molecule has 1 aliphatic carbocycles. The summed E-state index contributed by atoms with van der Waals surface area (Å²) in [7, 11) is 3.62. The number of rotatable bonds is 8. The zero-order valence-electron chi connectivity index (χ0n) is 11.4. The zero-order chi connectivity index (χ0) is 12.0. The van der Waals surface area contributed by atoms with Gasteiger partial charge in [-0.2, -0.15) is 0 Å². The predicted octanol–water partition coefficient (Wildman–Crippen LogP) is 3.50. The van der Waals surface area contributed by atoms with Crippen LogP contribution in [0.2, 0.25) is 0 Å². The summed E-state index contributed by atoms with van der Waals surface area (Å²) < 4.78 is 10.9. The van der Waals surface area contributed by atoms with Crippen molar-refractivity contribution in [1.29, 1.82) is 0 Å². The molecule has 0 aromatic carbocycles. The summed E-state index contributed by atoms with van der Waals surface area (Å²) in [6.45, 7) is 6.27. The molecule has 0 aromatic rings. The highest BCUT2D eigenvalue weighted by molar-refractivity contribution is 4.85. The van der Waals surface area contributed by atoms with Gasteiger partial charge in [0, 0.05) is 19.6 Å². The van der Waals surface area contributed by atoms with Crippen LogP contribution in [-0.2, 0) is 9.47 Å². The third kappa shape index (κ3) is 4.06. The Balaban J connectivity index is 2.59. The number of methoxy groups -OCH3 is 2. The van der Waals surface area contributed by atoms with E-state index in [9.17, 15) is 0 Å². The van der Waals surface area contributed by atoms with Crippen molar-refractivity contribution in [2.75, 3.05) is 27.4 Å². The summed E-state index contributed by atoms with van der Waals surface area (Å²) in [4.78, 5) is 0. The van der Waals surface area contributed by atoms with Gasteiger partial charge in [-0.1, -0.05) is 33.1 Å². The SMILES string of the molecule is COCC(COC)(CC(C)C)CC1CCC1. The maximum atomic E-state index is 5.45. The van der Waals surface area contributed by atoms with Crippen molar-refractivity contribution < 1.29 is 9.47 Å². The molecule has 0 saturated heterocycles. The summed E-state index contributed by atoms with van der Waals surface area (Å²) in [6, 6.07) is 0. The van der Waals surface area contributed by atoms with Crippen LogP contribution in [0.25, 0.3) is 0 Å². The van der Waals surface area contributed by atoms with E-state index in [2.05, 4.69) is 13.8 Å². The maximum absolute atomic E-state index is 5.45. The molecular formula is C14H28O2. The molecule has 1 aliphatic rings. The van der Waals surface area contributed by atoms with Gasteiger partial charge in [-0.05, 0) is 24.7 Å². The molecule has 0 spiro atoms. The monoisotopic (exact) mass is 228 g/mol. The number of ether oxygens (including phenoxy) is 2. The molecule has 0 amide bonds. The third-order valence-electron chi connectivity index (χ3n) is 3.69. The van der Waals surface area contributed by atoms with Crippen LogP contribution in [0.1, 0.15) is 46.0 Å².